The highest BCUT2D eigenvalue weighted by Gasteiger charge is 2.32. The maximum absolute atomic E-state index is 12.4. The van der Waals surface area contributed by atoms with Crippen molar-refractivity contribution in [3.63, 3.8) is 0 Å². The Morgan fingerprint density at radius 2 is 1.55 bits per heavy atom. The summed E-state index contributed by atoms with van der Waals surface area (Å²) in [5.74, 6) is 0.185. The summed E-state index contributed by atoms with van der Waals surface area (Å²) in [7, 11) is 0. The maximum Gasteiger partial charge on any atom is 0.573 e. The van der Waals surface area contributed by atoms with Gasteiger partial charge in [-0.25, -0.2) is 0 Å². The van der Waals surface area contributed by atoms with Crippen molar-refractivity contribution < 1.29 is 22.6 Å². The van der Waals surface area contributed by atoms with Crippen LogP contribution >= 0.6 is 0 Å². The maximum atomic E-state index is 12.4. The zero-order chi connectivity index (χ0) is 17.2. The molecule has 0 heterocycles. The molecule has 1 aromatic rings. The first-order valence-electron chi connectivity index (χ1n) is 7.31. The molecule has 0 saturated carbocycles. The average Bonchev–Trinajstić information content (AvgIpc) is 2.23. The number of alkyl halides is 3. The average molecular weight is 318 g/mol. The third-order valence-corrected chi connectivity index (χ3v) is 3.10. The molecule has 2 nitrogen and oxygen atoms in total. The number of benzene rings is 1. The fourth-order valence-electron chi connectivity index (χ4n) is 1.91. The van der Waals surface area contributed by atoms with Gasteiger partial charge in [0.2, 0.25) is 0 Å². The van der Waals surface area contributed by atoms with Gasteiger partial charge >= 0.3 is 6.36 Å². The summed E-state index contributed by atoms with van der Waals surface area (Å²) in [6.07, 6.45) is -3.90. The van der Waals surface area contributed by atoms with Crippen LogP contribution in [0.5, 0.6) is 11.5 Å². The number of hydrogen-bond acceptors (Lipinski definition) is 2. The molecule has 0 aliphatic rings. The van der Waals surface area contributed by atoms with Gasteiger partial charge in [-0.2, -0.15) is 0 Å². The van der Waals surface area contributed by atoms with Crippen molar-refractivity contribution in [1.29, 1.82) is 0 Å². The van der Waals surface area contributed by atoms with Gasteiger partial charge in [-0.05, 0) is 28.9 Å². The Kier molecular flexibility index (Phi) is 5.42. The first-order valence-corrected chi connectivity index (χ1v) is 7.31. The second-order valence-electron chi connectivity index (χ2n) is 7.61. The highest BCUT2D eigenvalue weighted by atomic mass is 19.4. The van der Waals surface area contributed by atoms with Crippen molar-refractivity contribution in [2.75, 3.05) is 6.61 Å². The van der Waals surface area contributed by atoms with Crippen LogP contribution in [0.2, 0.25) is 0 Å². The SMILES string of the molecule is CC(C)(C)CCOc1cc(OC(F)(F)F)ccc1C(C)(C)C. The second kappa shape index (κ2) is 6.39. The zero-order valence-electron chi connectivity index (χ0n) is 14.1. The largest absolute Gasteiger partial charge is 0.573 e. The van der Waals surface area contributed by atoms with Gasteiger partial charge in [-0.3, -0.25) is 0 Å². The van der Waals surface area contributed by atoms with Crippen molar-refractivity contribution in [1.82, 2.24) is 0 Å². The Hall–Kier alpha value is -1.39. The van der Waals surface area contributed by atoms with Gasteiger partial charge in [0.15, 0.2) is 0 Å². The molecule has 5 heteroatoms. The molecule has 0 radical (unpaired) electrons. The smallest absolute Gasteiger partial charge is 0.493 e. The summed E-state index contributed by atoms with van der Waals surface area (Å²) >= 11 is 0. The van der Waals surface area contributed by atoms with Crippen molar-refractivity contribution >= 4 is 0 Å². The minimum absolute atomic E-state index is 0.0992. The van der Waals surface area contributed by atoms with Crippen LogP contribution in [-0.4, -0.2) is 13.0 Å². The lowest BCUT2D eigenvalue weighted by molar-refractivity contribution is -0.274. The molecule has 0 fully saturated rings. The second-order valence-corrected chi connectivity index (χ2v) is 7.61. The lowest BCUT2D eigenvalue weighted by Crippen LogP contribution is -2.19. The topological polar surface area (TPSA) is 18.5 Å². The van der Waals surface area contributed by atoms with Crippen molar-refractivity contribution in [3.8, 4) is 11.5 Å². The molecule has 0 aromatic heterocycles. The molecular weight excluding hydrogens is 293 g/mol. The van der Waals surface area contributed by atoms with Gasteiger partial charge < -0.3 is 9.47 Å². The van der Waals surface area contributed by atoms with Gasteiger partial charge in [0.05, 0.1) is 6.61 Å². The van der Waals surface area contributed by atoms with Crippen LogP contribution in [-0.2, 0) is 5.41 Å². The molecule has 22 heavy (non-hydrogen) atoms. The van der Waals surface area contributed by atoms with E-state index in [1.807, 2.05) is 20.8 Å². The monoisotopic (exact) mass is 318 g/mol. The van der Waals surface area contributed by atoms with E-state index in [9.17, 15) is 13.2 Å². The third-order valence-electron chi connectivity index (χ3n) is 3.10. The summed E-state index contributed by atoms with van der Waals surface area (Å²) in [5.41, 5.74) is 0.728. The molecule has 0 amide bonds. The molecule has 0 atom stereocenters. The van der Waals surface area contributed by atoms with E-state index in [1.54, 1.807) is 6.07 Å². The van der Waals surface area contributed by atoms with Gasteiger partial charge in [-0.1, -0.05) is 47.6 Å². The van der Waals surface area contributed by atoms with Crippen LogP contribution in [0.4, 0.5) is 13.2 Å². The molecule has 126 valence electrons. The molecule has 0 N–H and O–H groups in total. The first-order chi connectivity index (χ1) is 9.78. The number of halogens is 3. The number of rotatable bonds is 4. The molecule has 0 aliphatic carbocycles. The quantitative estimate of drug-likeness (QED) is 0.709. The first kappa shape index (κ1) is 18.7. The molecule has 0 saturated heterocycles. The number of hydrogen-bond donors (Lipinski definition) is 0. The molecule has 0 unspecified atom stereocenters. The van der Waals surface area contributed by atoms with Crippen LogP contribution in [0.25, 0.3) is 0 Å². The van der Waals surface area contributed by atoms with E-state index in [0.717, 1.165) is 12.0 Å². The Morgan fingerprint density at radius 1 is 0.955 bits per heavy atom. The van der Waals surface area contributed by atoms with Crippen LogP contribution in [0.1, 0.15) is 53.5 Å². The van der Waals surface area contributed by atoms with E-state index in [0.29, 0.717) is 12.4 Å². The van der Waals surface area contributed by atoms with E-state index in [-0.39, 0.29) is 16.6 Å². The van der Waals surface area contributed by atoms with Crippen LogP contribution in [0.3, 0.4) is 0 Å². The summed E-state index contributed by atoms with van der Waals surface area (Å²) in [6, 6.07) is 4.27. The lowest BCUT2D eigenvalue weighted by atomic mass is 9.86. The lowest BCUT2D eigenvalue weighted by Gasteiger charge is -2.25. The van der Waals surface area contributed by atoms with Crippen LogP contribution in [0, 0.1) is 5.41 Å². The fourth-order valence-corrected chi connectivity index (χ4v) is 1.91. The summed E-state index contributed by atoms with van der Waals surface area (Å²) < 4.78 is 46.8. The summed E-state index contributed by atoms with van der Waals surface area (Å²) in [6.45, 7) is 12.7. The summed E-state index contributed by atoms with van der Waals surface area (Å²) in [5, 5.41) is 0. The summed E-state index contributed by atoms with van der Waals surface area (Å²) in [4.78, 5) is 0. The molecule has 0 bridgehead atoms. The van der Waals surface area contributed by atoms with Gasteiger partial charge in [0.1, 0.15) is 11.5 Å². The Balaban J connectivity index is 3.00. The van der Waals surface area contributed by atoms with E-state index < -0.39 is 6.36 Å². The minimum atomic E-state index is -4.70. The fraction of sp³-hybridized carbons (Fsp3) is 0.647. The highest BCUT2D eigenvalue weighted by molar-refractivity contribution is 5.44. The minimum Gasteiger partial charge on any atom is -0.493 e. The third kappa shape index (κ3) is 6.58. The molecule has 0 spiro atoms. The molecule has 0 aliphatic heterocycles. The van der Waals surface area contributed by atoms with Crippen LogP contribution < -0.4 is 9.47 Å². The van der Waals surface area contributed by atoms with Crippen molar-refractivity contribution in [3.05, 3.63) is 23.8 Å². The van der Waals surface area contributed by atoms with E-state index >= 15 is 0 Å². The van der Waals surface area contributed by atoms with E-state index in [2.05, 4.69) is 25.5 Å². The standard InChI is InChI=1S/C17H25F3O2/c1-15(2,3)9-10-21-14-11-12(22-17(18,19)20)7-8-13(14)16(4,5)6/h7-8,11H,9-10H2,1-6H3. The predicted octanol–water partition coefficient (Wildman–Crippen LogP) is 5.70. The number of ether oxygens (including phenoxy) is 2. The zero-order valence-corrected chi connectivity index (χ0v) is 14.1. The van der Waals surface area contributed by atoms with Crippen molar-refractivity contribution in [2.24, 2.45) is 5.41 Å². The van der Waals surface area contributed by atoms with Crippen LogP contribution in [0.15, 0.2) is 18.2 Å². The molecular formula is C17H25F3O2. The molecule has 1 rings (SSSR count). The van der Waals surface area contributed by atoms with Gasteiger partial charge in [-0.15, -0.1) is 13.2 Å². The van der Waals surface area contributed by atoms with Crippen molar-refractivity contribution in [2.45, 2.75) is 59.7 Å². The Morgan fingerprint density at radius 3 is 2.00 bits per heavy atom. The Bertz CT molecular complexity index is 494. The normalized spacial score (nSPS) is 13.1. The molecule has 1 aromatic carbocycles. The Labute approximate surface area is 130 Å². The van der Waals surface area contributed by atoms with Gasteiger partial charge in [0.25, 0.3) is 0 Å². The van der Waals surface area contributed by atoms with E-state index in [1.165, 1.54) is 12.1 Å². The van der Waals surface area contributed by atoms with E-state index in [4.69, 9.17) is 4.74 Å². The highest BCUT2D eigenvalue weighted by Crippen LogP contribution is 2.36. The van der Waals surface area contributed by atoms with Gasteiger partial charge in [0, 0.05) is 6.07 Å². The predicted molar refractivity (Wildman–Crippen MR) is 81.4 cm³/mol.